The summed E-state index contributed by atoms with van der Waals surface area (Å²) in [5.74, 6) is 1.76. The molecule has 3 nitrogen and oxygen atoms in total. The van der Waals surface area contributed by atoms with Crippen molar-refractivity contribution in [3.63, 3.8) is 0 Å². The van der Waals surface area contributed by atoms with Crippen molar-refractivity contribution in [2.75, 3.05) is 11.9 Å². The lowest BCUT2D eigenvalue weighted by molar-refractivity contribution is 0.302. The summed E-state index contributed by atoms with van der Waals surface area (Å²) in [6, 6.07) is 7.77. The fourth-order valence-corrected chi connectivity index (χ4v) is 2.48. The van der Waals surface area contributed by atoms with Gasteiger partial charge in [-0.1, -0.05) is 17.7 Å². The van der Waals surface area contributed by atoms with Crippen LogP contribution in [0, 0.1) is 13.8 Å². The van der Waals surface area contributed by atoms with Crippen LogP contribution in [0.3, 0.4) is 0 Å². The highest BCUT2D eigenvalue weighted by Crippen LogP contribution is 2.28. The van der Waals surface area contributed by atoms with Gasteiger partial charge in [-0.05, 0) is 50.1 Å². The molecule has 2 rings (SSSR count). The summed E-state index contributed by atoms with van der Waals surface area (Å²) >= 11 is 6.03. The van der Waals surface area contributed by atoms with E-state index in [1.807, 2.05) is 45.0 Å². The predicted molar refractivity (Wildman–Crippen MR) is 83.7 cm³/mol. The number of anilines is 1. The number of nitrogens with zero attached hydrogens (tertiary/aromatic N) is 1. The molecule has 0 spiro atoms. The van der Waals surface area contributed by atoms with Gasteiger partial charge in [0.1, 0.15) is 18.2 Å². The van der Waals surface area contributed by atoms with Crippen molar-refractivity contribution >= 4 is 17.4 Å². The molecule has 0 amide bonds. The van der Waals surface area contributed by atoms with Gasteiger partial charge in [0.25, 0.3) is 0 Å². The van der Waals surface area contributed by atoms with Crippen molar-refractivity contribution in [2.24, 2.45) is 0 Å². The van der Waals surface area contributed by atoms with Gasteiger partial charge >= 0.3 is 0 Å². The Hall–Kier alpha value is -1.74. The minimum Gasteiger partial charge on any atom is -0.488 e. The molecule has 20 heavy (non-hydrogen) atoms. The van der Waals surface area contributed by atoms with Crippen LogP contribution < -0.4 is 10.1 Å². The smallest absolute Gasteiger partial charge is 0.132 e. The lowest BCUT2D eigenvalue weighted by Crippen LogP contribution is -2.06. The molecule has 0 aliphatic heterocycles. The van der Waals surface area contributed by atoms with Crippen LogP contribution in [0.5, 0.6) is 5.75 Å². The molecule has 0 unspecified atom stereocenters. The summed E-state index contributed by atoms with van der Waals surface area (Å²) in [6.07, 6.45) is 1.78. The van der Waals surface area contributed by atoms with E-state index in [1.165, 1.54) is 0 Å². The fourth-order valence-electron chi connectivity index (χ4n) is 2.16. The van der Waals surface area contributed by atoms with E-state index in [2.05, 4.69) is 10.3 Å². The standard InChI is InChI=1S/C16H19ClN2O/c1-4-18-16-13(6-5-7-19-16)10-20-15-11(2)8-14(17)9-12(15)3/h5-9H,4,10H2,1-3H3,(H,18,19). The van der Waals surface area contributed by atoms with Gasteiger partial charge < -0.3 is 10.1 Å². The highest BCUT2D eigenvalue weighted by molar-refractivity contribution is 6.30. The Kier molecular flexibility index (Phi) is 4.85. The summed E-state index contributed by atoms with van der Waals surface area (Å²) < 4.78 is 5.96. The van der Waals surface area contributed by atoms with Crippen LogP contribution in [-0.4, -0.2) is 11.5 Å². The maximum Gasteiger partial charge on any atom is 0.132 e. The minimum absolute atomic E-state index is 0.486. The lowest BCUT2D eigenvalue weighted by atomic mass is 10.1. The Morgan fingerprint density at radius 1 is 1.25 bits per heavy atom. The van der Waals surface area contributed by atoms with Crippen LogP contribution in [0.4, 0.5) is 5.82 Å². The van der Waals surface area contributed by atoms with E-state index in [0.29, 0.717) is 6.61 Å². The molecule has 0 fully saturated rings. The number of ether oxygens (including phenoxy) is 1. The molecule has 1 aromatic heterocycles. The van der Waals surface area contributed by atoms with Crippen molar-refractivity contribution < 1.29 is 4.74 Å². The molecular weight excluding hydrogens is 272 g/mol. The molecule has 0 saturated carbocycles. The van der Waals surface area contributed by atoms with Gasteiger partial charge in [0.05, 0.1) is 0 Å². The van der Waals surface area contributed by atoms with Crippen molar-refractivity contribution in [1.82, 2.24) is 4.98 Å². The third-order valence-electron chi connectivity index (χ3n) is 3.03. The number of aryl methyl sites for hydroxylation is 2. The van der Waals surface area contributed by atoms with Crippen LogP contribution >= 0.6 is 11.6 Å². The Morgan fingerprint density at radius 2 is 1.95 bits per heavy atom. The van der Waals surface area contributed by atoms with Crippen LogP contribution in [0.1, 0.15) is 23.6 Å². The number of pyridine rings is 1. The summed E-state index contributed by atoms with van der Waals surface area (Å²) in [7, 11) is 0. The quantitative estimate of drug-likeness (QED) is 0.888. The second-order valence-electron chi connectivity index (χ2n) is 4.70. The summed E-state index contributed by atoms with van der Waals surface area (Å²) in [5.41, 5.74) is 3.14. The normalized spacial score (nSPS) is 10.4. The molecule has 0 bridgehead atoms. The highest BCUT2D eigenvalue weighted by atomic mass is 35.5. The number of hydrogen-bond acceptors (Lipinski definition) is 3. The predicted octanol–water partition coefficient (Wildman–Crippen LogP) is 4.36. The van der Waals surface area contributed by atoms with Gasteiger partial charge in [0, 0.05) is 23.3 Å². The Labute approximate surface area is 124 Å². The summed E-state index contributed by atoms with van der Waals surface area (Å²) in [6.45, 7) is 7.38. The molecule has 0 aliphatic carbocycles. The Balaban J connectivity index is 2.17. The molecule has 0 saturated heterocycles. The first-order valence-corrected chi connectivity index (χ1v) is 7.07. The molecule has 0 atom stereocenters. The van der Waals surface area contributed by atoms with E-state index in [-0.39, 0.29) is 0 Å². The summed E-state index contributed by atoms with van der Waals surface area (Å²) in [5, 5.41) is 3.98. The average molecular weight is 291 g/mol. The number of nitrogens with one attached hydrogen (secondary N) is 1. The first kappa shape index (κ1) is 14.7. The van der Waals surface area contributed by atoms with Crippen molar-refractivity contribution in [1.29, 1.82) is 0 Å². The maximum absolute atomic E-state index is 6.03. The molecule has 106 valence electrons. The van der Waals surface area contributed by atoms with Crippen LogP contribution in [-0.2, 0) is 6.61 Å². The van der Waals surface area contributed by atoms with Crippen molar-refractivity contribution in [3.05, 3.63) is 52.2 Å². The minimum atomic E-state index is 0.486. The van der Waals surface area contributed by atoms with Gasteiger partial charge in [0.2, 0.25) is 0 Å². The van der Waals surface area contributed by atoms with Crippen molar-refractivity contribution in [2.45, 2.75) is 27.4 Å². The number of benzene rings is 1. The lowest BCUT2D eigenvalue weighted by Gasteiger charge is -2.14. The number of rotatable bonds is 5. The van der Waals surface area contributed by atoms with Crippen LogP contribution in [0.2, 0.25) is 5.02 Å². The third-order valence-corrected chi connectivity index (χ3v) is 3.25. The molecule has 2 aromatic rings. The fraction of sp³-hybridized carbons (Fsp3) is 0.312. The Morgan fingerprint density at radius 3 is 2.60 bits per heavy atom. The van der Waals surface area contributed by atoms with Crippen molar-refractivity contribution in [3.8, 4) is 5.75 Å². The van der Waals surface area contributed by atoms with Crippen LogP contribution in [0.25, 0.3) is 0 Å². The van der Waals surface area contributed by atoms with E-state index in [4.69, 9.17) is 16.3 Å². The molecule has 1 heterocycles. The summed E-state index contributed by atoms with van der Waals surface area (Å²) in [4.78, 5) is 4.33. The van der Waals surface area contributed by atoms with Gasteiger partial charge in [-0.25, -0.2) is 4.98 Å². The van der Waals surface area contributed by atoms with E-state index < -0.39 is 0 Å². The van der Waals surface area contributed by atoms with E-state index >= 15 is 0 Å². The highest BCUT2D eigenvalue weighted by Gasteiger charge is 2.08. The number of halogens is 1. The van der Waals surface area contributed by atoms with Gasteiger partial charge in [0.15, 0.2) is 0 Å². The average Bonchev–Trinajstić information content (AvgIpc) is 2.39. The molecule has 4 heteroatoms. The molecule has 1 aromatic carbocycles. The zero-order valence-corrected chi connectivity index (χ0v) is 12.8. The Bertz CT molecular complexity index is 576. The first-order valence-electron chi connectivity index (χ1n) is 6.69. The van der Waals surface area contributed by atoms with Gasteiger partial charge in [-0.15, -0.1) is 0 Å². The monoisotopic (exact) mass is 290 g/mol. The van der Waals surface area contributed by atoms with E-state index in [9.17, 15) is 0 Å². The second-order valence-corrected chi connectivity index (χ2v) is 5.14. The largest absolute Gasteiger partial charge is 0.488 e. The number of hydrogen-bond donors (Lipinski definition) is 1. The SMILES string of the molecule is CCNc1ncccc1COc1c(C)cc(Cl)cc1C. The van der Waals surface area contributed by atoms with Gasteiger partial charge in [-0.2, -0.15) is 0 Å². The molecule has 0 aliphatic rings. The molecule has 0 radical (unpaired) electrons. The zero-order chi connectivity index (χ0) is 14.5. The maximum atomic E-state index is 6.03. The van der Waals surface area contributed by atoms with E-state index in [1.54, 1.807) is 6.20 Å². The zero-order valence-electron chi connectivity index (χ0n) is 12.0. The molecule has 1 N–H and O–H groups in total. The first-order chi connectivity index (χ1) is 9.61. The second kappa shape index (κ2) is 6.62. The van der Waals surface area contributed by atoms with Crippen LogP contribution in [0.15, 0.2) is 30.5 Å². The number of aromatic nitrogens is 1. The van der Waals surface area contributed by atoms with E-state index in [0.717, 1.165) is 39.8 Å². The van der Waals surface area contributed by atoms with Gasteiger partial charge in [-0.3, -0.25) is 0 Å². The third kappa shape index (κ3) is 3.42. The molecular formula is C16H19ClN2O. The topological polar surface area (TPSA) is 34.2 Å².